The summed E-state index contributed by atoms with van der Waals surface area (Å²) in [5.74, 6) is -2.83. The first-order chi connectivity index (χ1) is 5.95. The first kappa shape index (κ1) is 9.66. The smallest absolute Gasteiger partial charge is 0.343 e. The van der Waals surface area contributed by atoms with Crippen LogP contribution in [0.25, 0.3) is 0 Å². The molecule has 13 heavy (non-hydrogen) atoms. The molecule has 0 unspecified atom stereocenters. The minimum atomic E-state index is -1.42. The van der Waals surface area contributed by atoms with E-state index in [9.17, 15) is 18.9 Å². The van der Waals surface area contributed by atoms with Crippen molar-refractivity contribution < 1.29 is 13.7 Å². The SMILES string of the molecule is Nc1cc(Cl)c(F)c([N+](=O)[O-])c1F. The lowest BCUT2D eigenvalue weighted by atomic mass is 10.2. The molecule has 0 spiro atoms. The maximum Gasteiger partial charge on any atom is 0.343 e. The van der Waals surface area contributed by atoms with Crippen LogP contribution in [0, 0.1) is 21.7 Å². The van der Waals surface area contributed by atoms with Gasteiger partial charge in [0.2, 0.25) is 11.6 Å². The van der Waals surface area contributed by atoms with E-state index in [1.165, 1.54) is 0 Å². The van der Waals surface area contributed by atoms with E-state index in [-0.39, 0.29) is 0 Å². The number of anilines is 1. The summed E-state index contributed by atoms with van der Waals surface area (Å²) in [5.41, 5.74) is 3.11. The van der Waals surface area contributed by atoms with Crippen LogP contribution < -0.4 is 5.73 Å². The molecule has 0 aliphatic heterocycles. The first-order valence-electron chi connectivity index (χ1n) is 3.02. The Hall–Kier alpha value is -1.43. The van der Waals surface area contributed by atoms with Gasteiger partial charge in [0.05, 0.1) is 15.6 Å². The molecule has 0 saturated carbocycles. The molecule has 7 heteroatoms. The molecular weight excluding hydrogens is 206 g/mol. The largest absolute Gasteiger partial charge is 0.396 e. The standard InChI is InChI=1S/C6H3ClF2N2O2/c7-2-1-3(10)5(9)6(4(2)8)11(12)13/h1H,10H2. The Balaban J connectivity index is 3.56. The Bertz CT molecular complexity index is 357. The lowest BCUT2D eigenvalue weighted by molar-refractivity contribution is -0.390. The van der Waals surface area contributed by atoms with E-state index < -0.39 is 33.0 Å². The highest BCUT2D eigenvalue weighted by Gasteiger charge is 2.26. The lowest BCUT2D eigenvalue weighted by Crippen LogP contribution is -2.01. The average molecular weight is 209 g/mol. The number of rotatable bonds is 1. The Morgan fingerprint density at radius 1 is 1.46 bits per heavy atom. The van der Waals surface area contributed by atoms with E-state index in [0.29, 0.717) is 0 Å². The Morgan fingerprint density at radius 2 is 2.00 bits per heavy atom. The summed E-state index contributed by atoms with van der Waals surface area (Å²) >= 11 is 5.21. The molecule has 1 aromatic rings. The van der Waals surface area contributed by atoms with Crippen LogP contribution in [0.15, 0.2) is 6.07 Å². The van der Waals surface area contributed by atoms with Gasteiger partial charge in [-0.1, -0.05) is 11.6 Å². The van der Waals surface area contributed by atoms with E-state index in [4.69, 9.17) is 17.3 Å². The molecule has 4 nitrogen and oxygen atoms in total. The van der Waals surface area contributed by atoms with E-state index in [0.717, 1.165) is 6.07 Å². The topological polar surface area (TPSA) is 69.2 Å². The van der Waals surface area contributed by atoms with Crippen LogP contribution in [0.2, 0.25) is 5.02 Å². The van der Waals surface area contributed by atoms with Gasteiger partial charge in [-0.2, -0.15) is 8.78 Å². The predicted octanol–water partition coefficient (Wildman–Crippen LogP) is 2.11. The monoisotopic (exact) mass is 208 g/mol. The number of nitrogens with two attached hydrogens (primary N) is 1. The van der Waals surface area contributed by atoms with Crippen molar-refractivity contribution in [3.8, 4) is 0 Å². The molecule has 0 aliphatic rings. The highest BCUT2D eigenvalue weighted by Crippen LogP contribution is 2.31. The summed E-state index contributed by atoms with van der Waals surface area (Å²) in [4.78, 5) is 8.94. The quantitative estimate of drug-likeness (QED) is 0.333. The minimum Gasteiger partial charge on any atom is -0.396 e. The molecule has 1 rings (SSSR count). The number of hydrogen-bond acceptors (Lipinski definition) is 3. The van der Waals surface area contributed by atoms with Crippen molar-refractivity contribution in [3.63, 3.8) is 0 Å². The summed E-state index contributed by atoms with van der Waals surface area (Å²) in [6, 6.07) is 0.777. The number of nitro groups is 1. The fraction of sp³-hybridized carbons (Fsp3) is 0. The van der Waals surface area contributed by atoms with Crippen molar-refractivity contribution in [1.29, 1.82) is 0 Å². The van der Waals surface area contributed by atoms with Gasteiger partial charge in [0.1, 0.15) is 0 Å². The van der Waals surface area contributed by atoms with Crippen molar-refractivity contribution in [3.05, 3.63) is 32.8 Å². The lowest BCUT2D eigenvalue weighted by Gasteiger charge is -2.00. The van der Waals surface area contributed by atoms with Gasteiger partial charge in [0.25, 0.3) is 0 Å². The zero-order valence-electron chi connectivity index (χ0n) is 6.05. The van der Waals surface area contributed by atoms with Gasteiger partial charge in [-0.3, -0.25) is 10.1 Å². The Kier molecular flexibility index (Phi) is 2.33. The minimum absolute atomic E-state index is 0.557. The third-order valence-electron chi connectivity index (χ3n) is 1.34. The van der Waals surface area contributed by atoms with Crippen LogP contribution in [0.1, 0.15) is 0 Å². The van der Waals surface area contributed by atoms with Crippen LogP contribution in [-0.2, 0) is 0 Å². The molecule has 0 fully saturated rings. The van der Waals surface area contributed by atoms with E-state index in [2.05, 4.69) is 0 Å². The highest BCUT2D eigenvalue weighted by atomic mass is 35.5. The van der Waals surface area contributed by atoms with Crippen molar-refractivity contribution in [1.82, 2.24) is 0 Å². The molecular formula is C6H3ClF2N2O2. The number of hydrogen-bond donors (Lipinski definition) is 1. The van der Waals surface area contributed by atoms with Gasteiger partial charge in [0, 0.05) is 0 Å². The second-order valence-corrected chi connectivity index (χ2v) is 2.59. The Labute approximate surface area is 76.1 Å². The van der Waals surface area contributed by atoms with Gasteiger partial charge >= 0.3 is 5.69 Å². The summed E-state index contributed by atoms with van der Waals surface area (Å²) in [6.45, 7) is 0. The predicted molar refractivity (Wildman–Crippen MR) is 42.4 cm³/mol. The van der Waals surface area contributed by atoms with Gasteiger partial charge in [-0.25, -0.2) is 0 Å². The summed E-state index contributed by atoms with van der Waals surface area (Å²) in [6.07, 6.45) is 0. The molecule has 0 aromatic heterocycles. The number of benzene rings is 1. The van der Waals surface area contributed by atoms with Gasteiger partial charge in [-0.15, -0.1) is 0 Å². The average Bonchev–Trinajstić information content (AvgIpc) is 2.01. The van der Waals surface area contributed by atoms with Crippen LogP contribution in [-0.4, -0.2) is 4.92 Å². The van der Waals surface area contributed by atoms with Crippen molar-refractivity contribution in [2.24, 2.45) is 0 Å². The first-order valence-corrected chi connectivity index (χ1v) is 3.40. The fourth-order valence-corrected chi connectivity index (χ4v) is 0.977. The molecule has 0 atom stereocenters. The molecule has 0 bridgehead atoms. The van der Waals surface area contributed by atoms with Crippen LogP contribution in [0.3, 0.4) is 0 Å². The maximum atomic E-state index is 12.8. The normalized spacial score (nSPS) is 10.1. The van der Waals surface area contributed by atoms with Crippen molar-refractivity contribution >= 4 is 23.0 Å². The van der Waals surface area contributed by atoms with E-state index in [1.807, 2.05) is 0 Å². The van der Waals surface area contributed by atoms with Crippen LogP contribution in [0.5, 0.6) is 0 Å². The third kappa shape index (κ3) is 1.52. The third-order valence-corrected chi connectivity index (χ3v) is 1.62. The van der Waals surface area contributed by atoms with Crippen molar-refractivity contribution in [2.75, 3.05) is 5.73 Å². The van der Waals surface area contributed by atoms with Gasteiger partial charge in [0.15, 0.2) is 0 Å². The van der Waals surface area contributed by atoms with Crippen LogP contribution in [0.4, 0.5) is 20.2 Å². The summed E-state index contributed by atoms with van der Waals surface area (Å²) in [5, 5.41) is 9.58. The molecule has 0 radical (unpaired) electrons. The number of nitrogen functional groups attached to an aromatic ring is 1. The zero-order valence-corrected chi connectivity index (χ0v) is 6.81. The molecule has 0 amide bonds. The highest BCUT2D eigenvalue weighted by molar-refractivity contribution is 6.31. The molecule has 70 valence electrons. The number of nitro benzene ring substituents is 1. The molecule has 0 heterocycles. The molecule has 1 aromatic carbocycles. The fourth-order valence-electron chi connectivity index (χ4n) is 0.770. The molecule has 0 aliphatic carbocycles. The van der Waals surface area contributed by atoms with Gasteiger partial charge in [-0.05, 0) is 6.07 Å². The zero-order chi connectivity index (χ0) is 10.2. The molecule has 2 N–H and O–H groups in total. The number of nitrogens with zero attached hydrogens (tertiary/aromatic N) is 1. The maximum absolute atomic E-state index is 12.8. The summed E-state index contributed by atoms with van der Waals surface area (Å²) in [7, 11) is 0. The van der Waals surface area contributed by atoms with Crippen molar-refractivity contribution in [2.45, 2.75) is 0 Å². The van der Waals surface area contributed by atoms with E-state index in [1.54, 1.807) is 0 Å². The number of halogens is 3. The van der Waals surface area contributed by atoms with Crippen LogP contribution >= 0.6 is 11.6 Å². The summed E-state index contributed by atoms with van der Waals surface area (Å²) < 4.78 is 25.7. The molecule has 0 saturated heterocycles. The second-order valence-electron chi connectivity index (χ2n) is 2.18. The van der Waals surface area contributed by atoms with E-state index >= 15 is 0 Å². The Morgan fingerprint density at radius 3 is 2.46 bits per heavy atom. The van der Waals surface area contributed by atoms with Gasteiger partial charge < -0.3 is 5.73 Å². The second kappa shape index (κ2) is 3.14.